The van der Waals surface area contributed by atoms with E-state index in [9.17, 15) is 9.59 Å². The highest BCUT2D eigenvalue weighted by Gasteiger charge is 2.50. The zero-order chi connectivity index (χ0) is 26.2. The van der Waals surface area contributed by atoms with E-state index in [1.807, 2.05) is 55.1 Å². The molecule has 5 heteroatoms. The highest BCUT2D eigenvalue weighted by molar-refractivity contribution is 5.76. The zero-order valence-corrected chi connectivity index (χ0v) is 23.7. The van der Waals surface area contributed by atoms with Gasteiger partial charge in [-0.2, -0.15) is 0 Å². The standard InChI is InChI=1S/C12H22N2O.C7H11NO.C6H6.C4H8.C2H6/c1-13(2)10-5-3-7-12(15)14-8-4-6-11(14)9-10;9-6-8-5-1-2-7(8)3-4-7;1-2-4-6-5-3-1;1-2-4-3-1;1-2/h10-11H,3-9H2,1-2H3;6H,1-5H2;1-6H;1-4H2;1-2H3/t10?,11-;;;;/m1..../s1. The summed E-state index contributed by atoms with van der Waals surface area (Å²) in [6.07, 6.45) is 18.6. The van der Waals surface area contributed by atoms with Crippen LogP contribution in [0.15, 0.2) is 36.4 Å². The van der Waals surface area contributed by atoms with Gasteiger partial charge in [-0.15, -0.1) is 0 Å². The minimum Gasteiger partial charge on any atom is -0.340 e. The van der Waals surface area contributed by atoms with Gasteiger partial charge in [-0.05, 0) is 71.9 Å². The maximum atomic E-state index is 11.8. The molecular weight excluding hydrogens is 446 g/mol. The number of fused-ring (bicyclic) bond motifs is 1. The van der Waals surface area contributed by atoms with Crippen LogP contribution in [0, 0.1) is 0 Å². The van der Waals surface area contributed by atoms with Crippen molar-refractivity contribution >= 4 is 12.3 Å². The third-order valence-corrected chi connectivity index (χ3v) is 8.17. The lowest BCUT2D eigenvalue weighted by atomic mass is 9.96. The van der Waals surface area contributed by atoms with Crippen molar-refractivity contribution in [3.63, 3.8) is 0 Å². The molecule has 0 N–H and O–H groups in total. The van der Waals surface area contributed by atoms with Gasteiger partial charge in [-0.25, -0.2) is 0 Å². The highest BCUT2D eigenvalue weighted by Crippen LogP contribution is 2.48. The van der Waals surface area contributed by atoms with Crippen LogP contribution in [0.3, 0.4) is 0 Å². The number of hydrogen-bond acceptors (Lipinski definition) is 3. The van der Waals surface area contributed by atoms with Crippen molar-refractivity contribution in [3.8, 4) is 0 Å². The Morgan fingerprint density at radius 2 is 1.39 bits per heavy atom. The molecule has 2 atom stereocenters. The van der Waals surface area contributed by atoms with Crippen LogP contribution in [-0.4, -0.2) is 71.8 Å². The third kappa shape index (κ3) is 9.88. The molecule has 1 unspecified atom stereocenters. The van der Waals surface area contributed by atoms with E-state index < -0.39 is 0 Å². The minimum atomic E-state index is 0.377. The summed E-state index contributed by atoms with van der Waals surface area (Å²) in [5.74, 6) is 0.398. The quantitative estimate of drug-likeness (QED) is 0.435. The Hall–Kier alpha value is -1.88. The molecule has 1 spiro atoms. The van der Waals surface area contributed by atoms with Crippen molar-refractivity contribution in [2.24, 2.45) is 0 Å². The molecule has 1 aromatic carbocycles. The smallest absolute Gasteiger partial charge is 0.222 e. The van der Waals surface area contributed by atoms with Crippen molar-refractivity contribution in [1.82, 2.24) is 14.7 Å². The lowest BCUT2D eigenvalue weighted by molar-refractivity contribution is -0.133. The number of nitrogens with zero attached hydrogens (tertiary/aromatic N) is 3. The fraction of sp³-hybridized carbons (Fsp3) is 0.742. The van der Waals surface area contributed by atoms with Gasteiger partial charge in [0.1, 0.15) is 0 Å². The van der Waals surface area contributed by atoms with Gasteiger partial charge < -0.3 is 14.7 Å². The minimum absolute atomic E-state index is 0.377. The number of likely N-dealkylation sites (tertiary alicyclic amines) is 1. The molecule has 0 bridgehead atoms. The molecule has 2 saturated carbocycles. The van der Waals surface area contributed by atoms with Gasteiger partial charge in [0.2, 0.25) is 12.3 Å². The first kappa shape index (κ1) is 30.3. The van der Waals surface area contributed by atoms with Crippen molar-refractivity contribution in [2.75, 3.05) is 27.2 Å². The molecule has 0 radical (unpaired) electrons. The lowest BCUT2D eigenvalue weighted by Gasteiger charge is -2.34. The first-order chi connectivity index (χ1) is 17.6. The van der Waals surface area contributed by atoms with E-state index >= 15 is 0 Å². The Balaban J connectivity index is 0.000000183. The van der Waals surface area contributed by atoms with Crippen LogP contribution in [0.5, 0.6) is 0 Å². The van der Waals surface area contributed by atoms with Crippen molar-refractivity contribution in [2.45, 2.75) is 121 Å². The SMILES string of the molecule is C1CCC1.CC.CN(C)C1CCCC(=O)N2CCC[C@@H]2C1.O=CN1CCCC12CC2.c1ccccc1. The van der Waals surface area contributed by atoms with E-state index in [-0.39, 0.29) is 0 Å². The summed E-state index contributed by atoms with van der Waals surface area (Å²) < 4.78 is 0. The lowest BCUT2D eigenvalue weighted by Crippen LogP contribution is -2.42. The summed E-state index contributed by atoms with van der Waals surface area (Å²) >= 11 is 0. The second-order valence-electron chi connectivity index (χ2n) is 10.8. The Morgan fingerprint density at radius 1 is 0.806 bits per heavy atom. The molecule has 6 rings (SSSR count). The van der Waals surface area contributed by atoms with Crippen LogP contribution in [-0.2, 0) is 9.59 Å². The van der Waals surface area contributed by atoms with Crippen LogP contribution in [0.1, 0.15) is 104 Å². The predicted molar refractivity (Wildman–Crippen MR) is 151 cm³/mol. The number of amides is 2. The van der Waals surface area contributed by atoms with E-state index in [0.717, 1.165) is 32.3 Å². The molecule has 3 aliphatic heterocycles. The second-order valence-corrected chi connectivity index (χ2v) is 10.8. The van der Waals surface area contributed by atoms with E-state index in [4.69, 9.17) is 0 Å². The summed E-state index contributed by atoms with van der Waals surface area (Å²) in [5.41, 5.74) is 0.377. The molecule has 5 fully saturated rings. The first-order valence-corrected chi connectivity index (χ1v) is 14.7. The molecule has 2 amide bonds. The van der Waals surface area contributed by atoms with Crippen molar-refractivity contribution in [1.29, 1.82) is 0 Å². The number of benzene rings is 1. The molecule has 5 aliphatic rings. The maximum absolute atomic E-state index is 11.8. The maximum Gasteiger partial charge on any atom is 0.222 e. The summed E-state index contributed by atoms with van der Waals surface area (Å²) in [7, 11) is 4.32. The average Bonchev–Trinajstić information content (AvgIpc) is 3.30. The summed E-state index contributed by atoms with van der Waals surface area (Å²) in [6, 6.07) is 13.2. The Labute approximate surface area is 221 Å². The highest BCUT2D eigenvalue weighted by atomic mass is 16.2. The van der Waals surface area contributed by atoms with Crippen molar-refractivity contribution < 1.29 is 9.59 Å². The van der Waals surface area contributed by atoms with Gasteiger partial charge in [-0.3, -0.25) is 9.59 Å². The molecule has 3 saturated heterocycles. The second kappa shape index (κ2) is 16.8. The fourth-order valence-electron chi connectivity index (χ4n) is 5.38. The van der Waals surface area contributed by atoms with Crippen LogP contribution in [0.2, 0.25) is 0 Å². The summed E-state index contributed by atoms with van der Waals surface area (Å²) in [4.78, 5) is 28.7. The monoisotopic (exact) mass is 499 g/mol. The molecule has 3 heterocycles. The van der Waals surface area contributed by atoms with Gasteiger partial charge in [0, 0.05) is 37.1 Å². The first-order valence-electron chi connectivity index (χ1n) is 14.7. The number of rotatable bonds is 2. The van der Waals surface area contributed by atoms with E-state index in [0.29, 0.717) is 23.5 Å². The average molecular weight is 500 g/mol. The fourth-order valence-corrected chi connectivity index (χ4v) is 5.38. The van der Waals surface area contributed by atoms with Crippen LogP contribution in [0.4, 0.5) is 0 Å². The molecule has 2 aliphatic carbocycles. The van der Waals surface area contributed by atoms with Crippen molar-refractivity contribution in [3.05, 3.63) is 36.4 Å². The van der Waals surface area contributed by atoms with E-state index in [2.05, 4.69) is 23.9 Å². The molecule has 204 valence electrons. The van der Waals surface area contributed by atoms with Gasteiger partial charge in [-0.1, -0.05) is 75.9 Å². The summed E-state index contributed by atoms with van der Waals surface area (Å²) in [5, 5.41) is 0. The Bertz CT molecular complexity index is 685. The van der Waals surface area contributed by atoms with Gasteiger partial charge in [0.05, 0.1) is 0 Å². The molecule has 1 aromatic rings. The largest absolute Gasteiger partial charge is 0.340 e. The van der Waals surface area contributed by atoms with Gasteiger partial charge in [0.15, 0.2) is 0 Å². The Morgan fingerprint density at radius 3 is 1.83 bits per heavy atom. The molecule has 5 nitrogen and oxygen atoms in total. The third-order valence-electron chi connectivity index (χ3n) is 8.17. The van der Waals surface area contributed by atoms with E-state index in [1.54, 1.807) is 0 Å². The Kier molecular flexibility index (Phi) is 14.1. The number of carbonyl (C=O) groups is 2. The van der Waals surface area contributed by atoms with Crippen LogP contribution >= 0.6 is 0 Å². The topological polar surface area (TPSA) is 43.9 Å². The van der Waals surface area contributed by atoms with Gasteiger partial charge >= 0.3 is 0 Å². The normalized spacial score (nSPS) is 25.1. The number of carbonyl (C=O) groups excluding carboxylic acids is 2. The summed E-state index contributed by atoms with van der Waals surface area (Å²) in [6.45, 7) is 6.01. The molecule has 0 aromatic heterocycles. The zero-order valence-electron chi connectivity index (χ0n) is 23.7. The number of hydrogen-bond donors (Lipinski definition) is 0. The van der Waals surface area contributed by atoms with E-state index in [1.165, 1.54) is 77.0 Å². The van der Waals surface area contributed by atoms with Gasteiger partial charge in [0.25, 0.3) is 0 Å². The van der Waals surface area contributed by atoms with Crippen LogP contribution in [0.25, 0.3) is 0 Å². The predicted octanol–water partition coefficient (Wildman–Crippen LogP) is 6.53. The van der Waals surface area contributed by atoms with Crippen LogP contribution < -0.4 is 0 Å². The molecular formula is C31H53N3O2. The molecule has 36 heavy (non-hydrogen) atoms.